The van der Waals surface area contributed by atoms with Gasteiger partial charge in [-0.25, -0.2) is 9.37 Å². The van der Waals surface area contributed by atoms with Crippen LogP contribution in [0.1, 0.15) is 25.0 Å². The van der Waals surface area contributed by atoms with Gasteiger partial charge in [-0.3, -0.25) is 9.59 Å². The molecule has 1 amide bonds. The highest BCUT2D eigenvalue weighted by Gasteiger charge is 2.17. The Hall–Kier alpha value is -2.48. The Morgan fingerprint density at radius 3 is 2.50 bits per heavy atom. The zero-order valence-electron chi connectivity index (χ0n) is 14.6. The number of hydrogen-bond donors (Lipinski definition) is 1. The highest BCUT2D eigenvalue weighted by atomic mass is 79.9. The molecule has 2 aromatic rings. The molecule has 0 saturated carbocycles. The van der Waals surface area contributed by atoms with Crippen molar-refractivity contribution in [1.29, 1.82) is 0 Å². The van der Waals surface area contributed by atoms with E-state index in [0.717, 1.165) is 5.56 Å². The Morgan fingerprint density at radius 1 is 1.19 bits per heavy atom. The molecule has 1 aromatic heterocycles. The Kier molecular flexibility index (Phi) is 6.68. The molecule has 0 unspecified atom stereocenters. The van der Waals surface area contributed by atoms with E-state index in [0.29, 0.717) is 28.6 Å². The number of halogens is 2. The summed E-state index contributed by atoms with van der Waals surface area (Å²) < 4.78 is 25.1. The Bertz CT molecular complexity index is 842. The minimum atomic E-state index is -0.603. The second kappa shape index (κ2) is 8.75. The van der Waals surface area contributed by atoms with Gasteiger partial charge in [-0.15, -0.1) is 0 Å². The number of hydrogen-bond acceptors (Lipinski definition) is 5. The van der Waals surface area contributed by atoms with Crippen LogP contribution in [0.25, 0.3) is 0 Å². The molecule has 0 aliphatic rings. The van der Waals surface area contributed by atoms with Crippen LogP contribution in [0.5, 0.6) is 11.6 Å². The number of anilines is 1. The van der Waals surface area contributed by atoms with Crippen molar-refractivity contribution < 1.29 is 23.5 Å². The van der Waals surface area contributed by atoms with Crippen LogP contribution in [0.3, 0.4) is 0 Å². The number of aromatic nitrogens is 1. The number of aryl methyl sites for hydroxylation is 2. The van der Waals surface area contributed by atoms with Crippen LogP contribution in [0, 0.1) is 5.82 Å². The van der Waals surface area contributed by atoms with Gasteiger partial charge in [0.1, 0.15) is 5.69 Å². The molecule has 0 bridgehead atoms. The lowest BCUT2D eigenvalue weighted by molar-refractivity contribution is -0.132. The van der Waals surface area contributed by atoms with E-state index < -0.39 is 11.8 Å². The summed E-state index contributed by atoms with van der Waals surface area (Å²) in [7, 11) is 1.46. The van der Waals surface area contributed by atoms with E-state index in [2.05, 4.69) is 26.2 Å². The first kappa shape index (κ1) is 19.8. The molecule has 1 aromatic carbocycles. The monoisotopic (exact) mass is 424 g/mol. The van der Waals surface area contributed by atoms with E-state index >= 15 is 0 Å². The van der Waals surface area contributed by atoms with Crippen molar-refractivity contribution in [3.63, 3.8) is 0 Å². The molecule has 0 aliphatic carbocycles. The molecular formula is C18H18BrFN2O4. The number of carbonyl (C=O) groups is 2. The molecule has 0 fully saturated rings. The maximum absolute atomic E-state index is 14.6. The fraction of sp³-hybridized carbons (Fsp3) is 0.278. The summed E-state index contributed by atoms with van der Waals surface area (Å²) in [5, 5.41) is 2.69. The van der Waals surface area contributed by atoms with Crippen molar-refractivity contribution >= 4 is 33.5 Å². The van der Waals surface area contributed by atoms with Gasteiger partial charge in [-0.1, -0.05) is 6.07 Å². The van der Waals surface area contributed by atoms with Crippen molar-refractivity contribution in [2.24, 2.45) is 0 Å². The number of pyridine rings is 1. The zero-order valence-corrected chi connectivity index (χ0v) is 16.1. The summed E-state index contributed by atoms with van der Waals surface area (Å²) in [5.74, 6) is -1.31. The van der Waals surface area contributed by atoms with Gasteiger partial charge < -0.3 is 14.8 Å². The van der Waals surface area contributed by atoms with E-state index in [9.17, 15) is 14.0 Å². The SMILES string of the molecule is COc1nccc(CCc2ccc(Br)c(OC(C)=O)c2F)c1NC(C)=O. The third-order valence-corrected chi connectivity index (χ3v) is 4.16. The lowest BCUT2D eigenvalue weighted by Gasteiger charge is -2.14. The Labute approximate surface area is 158 Å². The lowest BCUT2D eigenvalue weighted by Crippen LogP contribution is -2.11. The predicted octanol–water partition coefficient (Wildman–Crippen LogP) is 3.66. The number of carbonyl (C=O) groups excluding carboxylic acids is 2. The van der Waals surface area contributed by atoms with Crippen LogP contribution in [-0.2, 0) is 22.4 Å². The average molecular weight is 425 g/mol. The summed E-state index contributed by atoms with van der Waals surface area (Å²) in [6, 6.07) is 4.97. The first-order chi connectivity index (χ1) is 12.3. The fourth-order valence-electron chi connectivity index (χ4n) is 2.43. The molecule has 138 valence electrons. The maximum atomic E-state index is 14.6. The van der Waals surface area contributed by atoms with Gasteiger partial charge in [0.15, 0.2) is 11.6 Å². The molecule has 0 aliphatic heterocycles. The van der Waals surface area contributed by atoms with E-state index in [1.54, 1.807) is 24.4 Å². The van der Waals surface area contributed by atoms with Crippen molar-refractivity contribution in [2.75, 3.05) is 12.4 Å². The van der Waals surface area contributed by atoms with Gasteiger partial charge >= 0.3 is 5.97 Å². The van der Waals surface area contributed by atoms with E-state index in [4.69, 9.17) is 9.47 Å². The minimum absolute atomic E-state index is 0.135. The summed E-state index contributed by atoms with van der Waals surface area (Å²) in [5.41, 5.74) is 1.60. The van der Waals surface area contributed by atoms with Gasteiger partial charge in [-0.2, -0.15) is 0 Å². The van der Waals surface area contributed by atoms with Crippen molar-refractivity contribution in [3.8, 4) is 11.6 Å². The van der Waals surface area contributed by atoms with Crippen LogP contribution in [0.2, 0.25) is 0 Å². The van der Waals surface area contributed by atoms with Crippen molar-refractivity contribution in [3.05, 3.63) is 45.8 Å². The van der Waals surface area contributed by atoms with Gasteiger partial charge in [0.05, 0.1) is 11.6 Å². The molecule has 1 N–H and O–H groups in total. The van der Waals surface area contributed by atoms with E-state index in [1.807, 2.05) is 0 Å². The summed E-state index contributed by atoms with van der Waals surface area (Å²) >= 11 is 3.17. The van der Waals surface area contributed by atoms with Gasteiger partial charge in [0.25, 0.3) is 0 Å². The predicted molar refractivity (Wildman–Crippen MR) is 97.9 cm³/mol. The smallest absolute Gasteiger partial charge is 0.308 e. The summed E-state index contributed by atoms with van der Waals surface area (Å²) in [4.78, 5) is 26.7. The van der Waals surface area contributed by atoms with Crippen molar-refractivity contribution in [1.82, 2.24) is 4.98 Å². The second-order valence-electron chi connectivity index (χ2n) is 5.48. The maximum Gasteiger partial charge on any atom is 0.308 e. The number of rotatable bonds is 6. The van der Waals surface area contributed by atoms with Crippen LogP contribution in [-0.4, -0.2) is 24.0 Å². The molecule has 0 atom stereocenters. The third-order valence-electron chi connectivity index (χ3n) is 3.54. The molecular weight excluding hydrogens is 407 g/mol. The molecule has 6 nitrogen and oxygen atoms in total. The quantitative estimate of drug-likeness (QED) is 0.565. The van der Waals surface area contributed by atoms with Crippen LogP contribution in [0.4, 0.5) is 10.1 Å². The number of nitrogens with zero attached hydrogens (tertiary/aromatic N) is 1. The van der Waals surface area contributed by atoms with Gasteiger partial charge in [-0.05, 0) is 52.0 Å². The molecule has 8 heteroatoms. The van der Waals surface area contributed by atoms with Crippen LogP contribution >= 0.6 is 15.9 Å². The molecule has 2 rings (SSSR count). The Balaban J connectivity index is 2.29. The number of esters is 1. The number of methoxy groups -OCH3 is 1. The van der Waals surface area contributed by atoms with Crippen LogP contribution in [0.15, 0.2) is 28.9 Å². The second-order valence-corrected chi connectivity index (χ2v) is 6.33. The molecule has 0 radical (unpaired) electrons. The number of amides is 1. The number of ether oxygens (including phenoxy) is 2. The average Bonchev–Trinajstić information content (AvgIpc) is 2.58. The topological polar surface area (TPSA) is 77.5 Å². The number of nitrogens with one attached hydrogen (secondary N) is 1. The van der Waals surface area contributed by atoms with E-state index in [-0.39, 0.29) is 17.5 Å². The van der Waals surface area contributed by atoms with E-state index in [1.165, 1.54) is 21.0 Å². The van der Waals surface area contributed by atoms with Gasteiger partial charge in [0, 0.05) is 20.0 Å². The first-order valence-electron chi connectivity index (χ1n) is 7.78. The van der Waals surface area contributed by atoms with Gasteiger partial charge in [0.2, 0.25) is 11.8 Å². The first-order valence-corrected chi connectivity index (χ1v) is 8.57. The fourth-order valence-corrected chi connectivity index (χ4v) is 2.81. The molecule has 0 saturated heterocycles. The third kappa shape index (κ3) is 4.78. The normalized spacial score (nSPS) is 10.3. The Morgan fingerprint density at radius 2 is 1.88 bits per heavy atom. The lowest BCUT2D eigenvalue weighted by atomic mass is 10.0. The highest BCUT2D eigenvalue weighted by Crippen LogP contribution is 2.32. The number of benzene rings is 1. The van der Waals surface area contributed by atoms with Crippen LogP contribution < -0.4 is 14.8 Å². The zero-order chi connectivity index (χ0) is 19.3. The summed E-state index contributed by atoms with van der Waals surface area (Å²) in [6.45, 7) is 2.59. The largest absolute Gasteiger partial charge is 0.480 e. The molecule has 26 heavy (non-hydrogen) atoms. The van der Waals surface area contributed by atoms with Crippen molar-refractivity contribution in [2.45, 2.75) is 26.7 Å². The summed E-state index contributed by atoms with van der Waals surface area (Å²) in [6.07, 6.45) is 2.31. The standard InChI is InChI=1S/C18H18BrFN2O4/c1-10(23)22-16-13(8-9-21-18(16)25-3)5-4-12-6-7-14(19)17(15(12)20)26-11(2)24/h6-9H,4-5H2,1-3H3,(H,22,23). The minimum Gasteiger partial charge on any atom is -0.480 e. The molecule has 1 heterocycles. The molecule has 0 spiro atoms. The highest BCUT2D eigenvalue weighted by molar-refractivity contribution is 9.10.